The summed E-state index contributed by atoms with van der Waals surface area (Å²) in [7, 11) is 0. The Morgan fingerprint density at radius 2 is 2.28 bits per heavy atom. The molecule has 18 heavy (non-hydrogen) atoms. The zero-order chi connectivity index (χ0) is 13.3. The molecule has 0 saturated heterocycles. The first-order valence-corrected chi connectivity index (χ1v) is 5.98. The van der Waals surface area contributed by atoms with Crippen LogP contribution in [0, 0.1) is 6.92 Å². The molecular formula is C13H14ClN3O. The molecule has 0 radical (unpaired) electrons. The van der Waals surface area contributed by atoms with Crippen molar-refractivity contribution in [3.8, 4) is 0 Å². The van der Waals surface area contributed by atoms with E-state index in [0.717, 1.165) is 16.5 Å². The van der Waals surface area contributed by atoms with E-state index >= 15 is 0 Å². The zero-order valence-electron chi connectivity index (χ0n) is 10.2. The smallest absolute Gasteiger partial charge is 0.241 e. The lowest BCUT2D eigenvalue weighted by molar-refractivity contribution is -0.117. The molecule has 0 unspecified atom stereocenters. The highest BCUT2D eigenvalue weighted by atomic mass is 35.5. The Morgan fingerprint density at radius 1 is 1.56 bits per heavy atom. The first kappa shape index (κ1) is 12.8. The van der Waals surface area contributed by atoms with E-state index in [2.05, 4.69) is 10.3 Å². The van der Waals surface area contributed by atoms with Crippen LogP contribution in [0.15, 0.2) is 24.4 Å². The predicted molar refractivity (Wildman–Crippen MR) is 73.8 cm³/mol. The fraction of sp³-hybridized carbons (Fsp3) is 0.231. The summed E-state index contributed by atoms with van der Waals surface area (Å²) in [5.74, 6) is -0.272. The maximum atomic E-state index is 11.7. The van der Waals surface area contributed by atoms with Crippen LogP contribution in [0.1, 0.15) is 12.5 Å². The van der Waals surface area contributed by atoms with Gasteiger partial charge < -0.3 is 11.1 Å². The van der Waals surface area contributed by atoms with Gasteiger partial charge in [0.25, 0.3) is 0 Å². The van der Waals surface area contributed by atoms with E-state index < -0.39 is 6.04 Å². The van der Waals surface area contributed by atoms with Gasteiger partial charge in [0, 0.05) is 11.6 Å². The van der Waals surface area contributed by atoms with Gasteiger partial charge in [0.15, 0.2) is 0 Å². The molecule has 1 atom stereocenters. The van der Waals surface area contributed by atoms with Crippen LogP contribution in [-0.4, -0.2) is 16.9 Å². The highest BCUT2D eigenvalue weighted by molar-refractivity contribution is 6.35. The summed E-state index contributed by atoms with van der Waals surface area (Å²) in [5, 5.41) is 4.05. The molecule has 94 valence electrons. The lowest BCUT2D eigenvalue weighted by Gasteiger charge is -2.13. The number of nitrogens with one attached hydrogen (secondary N) is 1. The van der Waals surface area contributed by atoms with Gasteiger partial charge in [-0.2, -0.15) is 0 Å². The van der Waals surface area contributed by atoms with Gasteiger partial charge in [-0.25, -0.2) is 0 Å². The Bertz CT molecular complexity index is 610. The highest BCUT2D eigenvalue weighted by Gasteiger charge is 2.14. The molecule has 0 saturated carbocycles. The average Bonchev–Trinajstić information content (AvgIpc) is 2.34. The molecule has 2 rings (SSSR count). The molecule has 0 aliphatic heterocycles. The number of carbonyl (C=O) groups excluding carboxylic acids is 1. The first-order chi connectivity index (χ1) is 8.50. The maximum absolute atomic E-state index is 11.7. The minimum absolute atomic E-state index is 0.272. The van der Waals surface area contributed by atoms with Crippen LogP contribution < -0.4 is 11.1 Å². The third-order valence-electron chi connectivity index (χ3n) is 2.69. The molecule has 4 nitrogen and oxygen atoms in total. The van der Waals surface area contributed by atoms with Crippen LogP contribution in [0.3, 0.4) is 0 Å². The molecule has 0 aliphatic rings. The van der Waals surface area contributed by atoms with Crippen LogP contribution in [0.5, 0.6) is 0 Å². The summed E-state index contributed by atoms with van der Waals surface area (Å²) in [6.07, 6.45) is 1.71. The van der Waals surface area contributed by atoms with Crippen molar-refractivity contribution in [3.05, 3.63) is 35.0 Å². The summed E-state index contributed by atoms with van der Waals surface area (Å²) >= 11 is 6.17. The summed E-state index contributed by atoms with van der Waals surface area (Å²) in [4.78, 5) is 16.0. The summed E-state index contributed by atoms with van der Waals surface area (Å²) in [5.41, 5.74) is 7.89. The van der Waals surface area contributed by atoms with Gasteiger partial charge in [-0.1, -0.05) is 11.6 Å². The number of fused-ring (bicyclic) bond motifs is 1. The van der Waals surface area contributed by atoms with Gasteiger partial charge in [-0.3, -0.25) is 9.78 Å². The molecule has 1 amide bonds. The van der Waals surface area contributed by atoms with E-state index in [1.165, 1.54) is 0 Å². The van der Waals surface area contributed by atoms with E-state index in [4.69, 9.17) is 17.3 Å². The normalized spacial score (nSPS) is 12.4. The van der Waals surface area contributed by atoms with E-state index in [1.807, 2.05) is 13.0 Å². The number of aryl methyl sites for hydroxylation is 1. The molecule has 0 spiro atoms. The largest absolute Gasteiger partial charge is 0.323 e. The lowest BCUT2D eigenvalue weighted by Crippen LogP contribution is -2.32. The second kappa shape index (κ2) is 4.92. The number of anilines is 1. The van der Waals surface area contributed by atoms with Crippen LogP contribution in [0.4, 0.5) is 5.69 Å². The average molecular weight is 264 g/mol. The Morgan fingerprint density at radius 3 is 2.94 bits per heavy atom. The molecule has 0 bridgehead atoms. The number of benzene rings is 1. The standard InChI is InChI=1S/C13H14ClN3O/c1-7-6-10(14)12(17-13(18)8(2)15)9-4-3-5-16-11(7)9/h3-6,8H,15H2,1-2H3,(H,17,18)/t8-/m1/s1. The van der Waals surface area contributed by atoms with Gasteiger partial charge in [0.1, 0.15) is 0 Å². The third-order valence-corrected chi connectivity index (χ3v) is 2.99. The van der Waals surface area contributed by atoms with E-state index in [0.29, 0.717) is 10.7 Å². The molecule has 3 N–H and O–H groups in total. The van der Waals surface area contributed by atoms with Gasteiger partial charge >= 0.3 is 0 Å². The topological polar surface area (TPSA) is 68.0 Å². The molecule has 2 aromatic rings. The monoisotopic (exact) mass is 263 g/mol. The number of rotatable bonds is 2. The highest BCUT2D eigenvalue weighted by Crippen LogP contribution is 2.32. The summed E-state index contributed by atoms with van der Waals surface area (Å²) in [6.45, 7) is 3.55. The van der Waals surface area contributed by atoms with Crippen molar-refractivity contribution < 1.29 is 4.79 Å². The molecule has 5 heteroatoms. The van der Waals surface area contributed by atoms with Crippen LogP contribution in [-0.2, 0) is 4.79 Å². The molecule has 1 aromatic heterocycles. The first-order valence-electron chi connectivity index (χ1n) is 5.61. The van der Waals surface area contributed by atoms with Crippen LogP contribution >= 0.6 is 11.6 Å². The molecule has 1 aromatic carbocycles. The Balaban J connectivity index is 2.59. The Labute approximate surface area is 110 Å². The number of nitrogens with zero attached hydrogens (tertiary/aromatic N) is 1. The zero-order valence-corrected chi connectivity index (χ0v) is 11.0. The maximum Gasteiger partial charge on any atom is 0.241 e. The van der Waals surface area contributed by atoms with Crippen molar-refractivity contribution in [1.82, 2.24) is 4.98 Å². The van der Waals surface area contributed by atoms with Gasteiger partial charge in [-0.05, 0) is 37.6 Å². The Hall–Kier alpha value is -1.65. The van der Waals surface area contributed by atoms with Gasteiger partial charge in [0.05, 0.1) is 22.3 Å². The number of pyridine rings is 1. The molecule has 0 aliphatic carbocycles. The Kier molecular flexibility index (Phi) is 3.50. The van der Waals surface area contributed by atoms with E-state index in [1.54, 1.807) is 25.3 Å². The lowest BCUT2D eigenvalue weighted by atomic mass is 10.1. The second-order valence-corrected chi connectivity index (χ2v) is 4.63. The quantitative estimate of drug-likeness (QED) is 0.875. The second-order valence-electron chi connectivity index (χ2n) is 4.23. The predicted octanol–water partition coefficient (Wildman–Crippen LogP) is 2.48. The van der Waals surface area contributed by atoms with Crippen molar-refractivity contribution >= 4 is 34.1 Å². The summed E-state index contributed by atoms with van der Waals surface area (Å²) < 4.78 is 0. The van der Waals surface area contributed by atoms with Gasteiger partial charge in [0.2, 0.25) is 5.91 Å². The fourth-order valence-corrected chi connectivity index (χ4v) is 2.06. The van der Waals surface area contributed by atoms with E-state index in [-0.39, 0.29) is 5.91 Å². The van der Waals surface area contributed by atoms with Crippen LogP contribution in [0.2, 0.25) is 5.02 Å². The summed E-state index contributed by atoms with van der Waals surface area (Å²) in [6, 6.07) is 4.87. The number of amides is 1. The molecular weight excluding hydrogens is 250 g/mol. The van der Waals surface area contributed by atoms with Gasteiger partial charge in [-0.15, -0.1) is 0 Å². The third kappa shape index (κ3) is 2.30. The molecule has 1 heterocycles. The number of hydrogen-bond acceptors (Lipinski definition) is 3. The van der Waals surface area contributed by atoms with Crippen molar-refractivity contribution in [1.29, 1.82) is 0 Å². The SMILES string of the molecule is Cc1cc(Cl)c(NC(=O)[C@@H](C)N)c2cccnc12. The fourth-order valence-electron chi connectivity index (χ4n) is 1.74. The number of halogens is 1. The minimum atomic E-state index is -0.589. The molecule has 0 fully saturated rings. The number of carbonyl (C=O) groups is 1. The van der Waals surface area contributed by atoms with Crippen LogP contribution in [0.25, 0.3) is 10.9 Å². The number of hydrogen-bond donors (Lipinski definition) is 2. The van der Waals surface area contributed by atoms with Crippen molar-refractivity contribution in [3.63, 3.8) is 0 Å². The van der Waals surface area contributed by atoms with E-state index in [9.17, 15) is 4.79 Å². The van der Waals surface area contributed by atoms with Crippen molar-refractivity contribution in [2.75, 3.05) is 5.32 Å². The number of aromatic nitrogens is 1. The van der Waals surface area contributed by atoms with Crippen molar-refractivity contribution in [2.24, 2.45) is 5.73 Å². The van der Waals surface area contributed by atoms with Crippen molar-refractivity contribution in [2.45, 2.75) is 19.9 Å². The minimum Gasteiger partial charge on any atom is -0.323 e. The number of nitrogens with two attached hydrogens (primary N) is 1.